The maximum absolute atomic E-state index is 10.3. The van der Waals surface area contributed by atoms with Gasteiger partial charge in [-0.3, -0.25) is 0 Å². The Morgan fingerprint density at radius 1 is 1.25 bits per heavy atom. The van der Waals surface area contributed by atoms with E-state index >= 15 is 0 Å². The maximum atomic E-state index is 10.3. The van der Waals surface area contributed by atoms with Crippen molar-refractivity contribution in [1.82, 2.24) is 5.32 Å². The van der Waals surface area contributed by atoms with Crippen LogP contribution in [0, 0.1) is 5.41 Å². The Balaban J connectivity index is 2.69. The van der Waals surface area contributed by atoms with E-state index in [9.17, 15) is 5.11 Å². The van der Waals surface area contributed by atoms with Crippen LogP contribution in [0.15, 0.2) is 0 Å². The summed E-state index contributed by atoms with van der Waals surface area (Å²) in [7, 11) is 1.91. The molecule has 0 amide bonds. The summed E-state index contributed by atoms with van der Waals surface area (Å²) >= 11 is 0. The lowest BCUT2D eigenvalue weighted by molar-refractivity contribution is -0.0930. The van der Waals surface area contributed by atoms with Gasteiger partial charge in [0.2, 0.25) is 0 Å². The lowest BCUT2D eigenvalue weighted by Crippen LogP contribution is -2.53. The second-order valence-electron chi connectivity index (χ2n) is 4.65. The van der Waals surface area contributed by atoms with Crippen LogP contribution in [0.4, 0.5) is 0 Å². The first-order valence-corrected chi connectivity index (χ1v) is 4.89. The molecule has 1 saturated carbocycles. The fourth-order valence-corrected chi connectivity index (χ4v) is 2.18. The zero-order chi connectivity index (χ0) is 9.24. The number of rotatable bonds is 2. The Morgan fingerprint density at radius 3 is 2.33 bits per heavy atom. The fourth-order valence-electron chi connectivity index (χ4n) is 2.18. The quantitative estimate of drug-likeness (QED) is 0.660. The molecule has 2 heteroatoms. The van der Waals surface area contributed by atoms with E-state index in [1.54, 1.807) is 0 Å². The molecule has 0 heterocycles. The summed E-state index contributed by atoms with van der Waals surface area (Å²) in [5.41, 5.74) is -0.408. The van der Waals surface area contributed by atoms with E-state index < -0.39 is 5.60 Å². The monoisotopic (exact) mass is 171 g/mol. The topological polar surface area (TPSA) is 32.3 Å². The number of hydrogen-bond acceptors (Lipinski definition) is 2. The molecule has 2 nitrogen and oxygen atoms in total. The van der Waals surface area contributed by atoms with E-state index in [-0.39, 0.29) is 5.41 Å². The summed E-state index contributed by atoms with van der Waals surface area (Å²) in [5.74, 6) is 0. The van der Waals surface area contributed by atoms with Crippen molar-refractivity contribution < 1.29 is 5.11 Å². The largest absolute Gasteiger partial charge is 0.388 e. The molecule has 1 aliphatic rings. The highest BCUT2D eigenvalue weighted by Crippen LogP contribution is 2.43. The molecule has 1 unspecified atom stereocenters. The Hall–Kier alpha value is -0.0800. The van der Waals surface area contributed by atoms with Gasteiger partial charge in [-0.05, 0) is 25.3 Å². The van der Waals surface area contributed by atoms with Gasteiger partial charge in [-0.1, -0.05) is 26.7 Å². The van der Waals surface area contributed by atoms with E-state index in [0.717, 1.165) is 19.4 Å². The van der Waals surface area contributed by atoms with Crippen molar-refractivity contribution in [3.8, 4) is 0 Å². The number of aliphatic hydroxyl groups is 1. The fraction of sp³-hybridized carbons (Fsp3) is 1.00. The van der Waals surface area contributed by atoms with E-state index in [1.165, 1.54) is 12.8 Å². The van der Waals surface area contributed by atoms with Crippen molar-refractivity contribution in [3.63, 3.8) is 0 Å². The van der Waals surface area contributed by atoms with Gasteiger partial charge in [-0.2, -0.15) is 0 Å². The van der Waals surface area contributed by atoms with Gasteiger partial charge in [-0.25, -0.2) is 0 Å². The number of hydrogen-bond donors (Lipinski definition) is 2. The third-order valence-electron chi connectivity index (χ3n) is 3.37. The van der Waals surface area contributed by atoms with Crippen molar-refractivity contribution in [2.24, 2.45) is 5.41 Å². The van der Waals surface area contributed by atoms with Crippen LogP contribution >= 0.6 is 0 Å². The third kappa shape index (κ3) is 1.64. The molecule has 2 N–H and O–H groups in total. The SMILES string of the molecule is CNCC1(O)CCCCC1(C)C. The first kappa shape index (κ1) is 10.0. The lowest BCUT2D eigenvalue weighted by atomic mass is 9.65. The highest BCUT2D eigenvalue weighted by Gasteiger charge is 2.44. The molecule has 0 aromatic carbocycles. The van der Waals surface area contributed by atoms with Gasteiger partial charge in [0.1, 0.15) is 0 Å². The summed E-state index contributed by atoms with van der Waals surface area (Å²) in [4.78, 5) is 0. The first-order chi connectivity index (χ1) is 5.52. The molecule has 12 heavy (non-hydrogen) atoms. The summed E-state index contributed by atoms with van der Waals surface area (Å²) in [5, 5.41) is 13.4. The van der Waals surface area contributed by atoms with E-state index in [2.05, 4.69) is 19.2 Å². The molecular formula is C10H21NO. The van der Waals surface area contributed by atoms with Crippen LogP contribution in [0.25, 0.3) is 0 Å². The third-order valence-corrected chi connectivity index (χ3v) is 3.37. The lowest BCUT2D eigenvalue weighted by Gasteiger charge is -2.46. The van der Waals surface area contributed by atoms with Crippen LogP contribution in [-0.2, 0) is 0 Å². The molecule has 0 aliphatic heterocycles. The highest BCUT2D eigenvalue weighted by molar-refractivity contribution is 4.97. The second-order valence-corrected chi connectivity index (χ2v) is 4.65. The highest BCUT2D eigenvalue weighted by atomic mass is 16.3. The molecule has 0 aromatic rings. The number of likely N-dealkylation sites (N-methyl/N-ethyl adjacent to an activating group) is 1. The van der Waals surface area contributed by atoms with E-state index in [1.807, 2.05) is 7.05 Å². The minimum atomic E-state index is -0.486. The summed E-state index contributed by atoms with van der Waals surface area (Å²) < 4.78 is 0. The zero-order valence-corrected chi connectivity index (χ0v) is 8.48. The van der Waals surface area contributed by atoms with Crippen LogP contribution < -0.4 is 5.32 Å². The molecule has 0 saturated heterocycles. The van der Waals surface area contributed by atoms with Crippen molar-refractivity contribution in [2.75, 3.05) is 13.6 Å². The van der Waals surface area contributed by atoms with Gasteiger partial charge >= 0.3 is 0 Å². The Morgan fingerprint density at radius 2 is 1.83 bits per heavy atom. The minimum absolute atomic E-state index is 0.0776. The maximum Gasteiger partial charge on any atom is 0.0821 e. The molecule has 0 bridgehead atoms. The van der Waals surface area contributed by atoms with E-state index in [4.69, 9.17) is 0 Å². The molecular weight excluding hydrogens is 150 g/mol. The second kappa shape index (κ2) is 3.35. The molecule has 0 spiro atoms. The molecule has 1 rings (SSSR count). The van der Waals surface area contributed by atoms with Crippen LogP contribution in [-0.4, -0.2) is 24.3 Å². The average molecular weight is 171 g/mol. The van der Waals surface area contributed by atoms with Crippen LogP contribution in [0.1, 0.15) is 39.5 Å². The predicted molar refractivity (Wildman–Crippen MR) is 51.1 cm³/mol. The first-order valence-electron chi connectivity index (χ1n) is 4.89. The van der Waals surface area contributed by atoms with Gasteiger partial charge in [0.05, 0.1) is 5.60 Å². The van der Waals surface area contributed by atoms with E-state index in [0.29, 0.717) is 0 Å². The Kier molecular flexibility index (Phi) is 2.79. The summed E-state index contributed by atoms with van der Waals surface area (Å²) in [6, 6.07) is 0. The van der Waals surface area contributed by atoms with Crippen LogP contribution in [0.2, 0.25) is 0 Å². The molecule has 1 fully saturated rings. The van der Waals surface area contributed by atoms with Crippen molar-refractivity contribution in [1.29, 1.82) is 0 Å². The summed E-state index contributed by atoms with van der Waals surface area (Å²) in [6.07, 6.45) is 4.52. The van der Waals surface area contributed by atoms with Crippen molar-refractivity contribution in [2.45, 2.75) is 45.1 Å². The van der Waals surface area contributed by atoms with Gasteiger partial charge in [0.25, 0.3) is 0 Å². The Bertz CT molecular complexity index is 152. The zero-order valence-electron chi connectivity index (χ0n) is 8.48. The average Bonchev–Trinajstić information content (AvgIpc) is 1.96. The summed E-state index contributed by atoms with van der Waals surface area (Å²) in [6.45, 7) is 5.06. The van der Waals surface area contributed by atoms with Crippen molar-refractivity contribution in [3.05, 3.63) is 0 Å². The minimum Gasteiger partial charge on any atom is -0.388 e. The van der Waals surface area contributed by atoms with Gasteiger partial charge < -0.3 is 10.4 Å². The van der Waals surface area contributed by atoms with Crippen LogP contribution in [0.3, 0.4) is 0 Å². The molecule has 1 atom stereocenters. The Labute approximate surface area is 75.4 Å². The van der Waals surface area contributed by atoms with Gasteiger partial charge in [0.15, 0.2) is 0 Å². The van der Waals surface area contributed by atoms with Gasteiger partial charge in [0, 0.05) is 6.54 Å². The smallest absolute Gasteiger partial charge is 0.0821 e. The van der Waals surface area contributed by atoms with Gasteiger partial charge in [-0.15, -0.1) is 0 Å². The molecule has 0 aromatic heterocycles. The normalized spacial score (nSPS) is 35.0. The molecule has 1 aliphatic carbocycles. The molecule has 72 valence electrons. The predicted octanol–water partition coefficient (Wildman–Crippen LogP) is 1.54. The standard InChI is InChI=1S/C10H21NO/c1-9(2)6-4-5-7-10(9,12)8-11-3/h11-12H,4-8H2,1-3H3. The molecule has 0 radical (unpaired) electrons. The van der Waals surface area contributed by atoms with Crippen molar-refractivity contribution >= 4 is 0 Å². The number of nitrogens with one attached hydrogen (secondary N) is 1. The van der Waals surface area contributed by atoms with Crippen LogP contribution in [0.5, 0.6) is 0 Å².